The number of amides is 3. The maximum absolute atomic E-state index is 12.6. The number of anilines is 1. The summed E-state index contributed by atoms with van der Waals surface area (Å²) in [6.07, 6.45) is 0.847. The monoisotopic (exact) mass is 275 g/mol. The van der Waals surface area contributed by atoms with Crippen LogP contribution in [-0.2, 0) is 4.79 Å². The average molecular weight is 275 g/mol. The number of urea groups is 1. The minimum Gasteiger partial charge on any atom is -0.342 e. The zero-order valence-corrected chi connectivity index (χ0v) is 12.1. The lowest BCUT2D eigenvalue weighted by Gasteiger charge is -2.36. The van der Waals surface area contributed by atoms with Crippen molar-refractivity contribution in [3.63, 3.8) is 0 Å². The highest BCUT2D eigenvalue weighted by atomic mass is 16.2. The molecule has 5 heteroatoms. The molecule has 1 aromatic carbocycles. The van der Waals surface area contributed by atoms with Crippen molar-refractivity contribution >= 4 is 18.1 Å². The van der Waals surface area contributed by atoms with Crippen LogP contribution >= 0.6 is 0 Å². The Morgan fingerprint density at radius 2 is 2.00 bits per heavy atom. The summed E-state index contributed by atoms with van der Waals surface area (Å²) in [5, 5.41) is 0. The van der Waals surface area contributed by atoms with E-state index < -0.39 is 0 Å². The first-order chi connectivity index (χ1) is 9.65. The SMILES string of the molecule is CCN(C(=O)N1CCN(C=O)CC1)c1cccc(C)c1. The van der Waals surface area contributed by atoms with Crippen molar-refractivity contribution in [1.29, 1.82) is 0 Å². The van der Waals surface area contributed by atoms with E-state index in [0.29, 0.717) is 32.7 Å². The zero-order chi connectivity index (χ0) is 14.5. The third-order valence-electron chi connectivity index (χ3n) is 3.59. The summed E-state index contributed by atoms with van der Waals surface area (Å²) in [5.41, 5.74) is 2.06. The van der Waals surface area contributed by atoms with E-state index in [4.69, 9.17) is 0 Å². The lowest BCUT2D eigenvalue weighted by Crippen LogP contribution is -2.52. The molecule has 0 aliphatic carbocycles. The van der Waals surface area contributed by atoms with Gasteiger partial charge < -0.3 is 9.80 Å². The van der Waals surface area contributed by atoms with E-state index in [-0.39, 0.29) is 6.03 Å². The summed E-state index contributed by atoms with van der Waals surface area (Å²) in [7, 11) is 0. The Bertz CT molecular complexity index is 482. The fraction of sp³-hybridized carbons (Fsp3) is 0.467. The number of nitrogens with zero attached hydrogens (tertiary/aromatic N) is 3. The second kappa shape index (κ2) is 6.41. The lowest BCUT2D eigenvalue weighted by molar-refractivity contribution is -0.119. The van der Waals surface area contributed by atoms with Crippen molar-refractivity contribution in [3.05, 3.63) is 29.8 Å². The van der Waals surface area contributed by atoms with Gasteiger partial charge in [-0.25, -0.2) is 4.79 Å². The molecule has 1 heterocycles. The number of carbonyl (C=O) groups is 2. The van der Waals surface area contributed by atoms with E-state index in [1.54, 1.807) is 9.80 Å². The predicted octanol–water partition coefficient (Wildman–Crippen LogP) is 1.72. The van der Waals surface area contributed by atoms with E-state index in [1.807, 2.05) is 43.0 Å². The van der Waals surface area contributed by atoms with Crippen LogP contribution in [0.25, 0.3) is 0 Å². The van der Waals surface area contributed by atoms with Crippen LogP contribution in [0.1, 0.15) is 12.5 Å². The molecule has 0 aromatic heterocycles. The summed E-state index contributed by atoms with van der Waals surface area (Å²) in [4.78, 5) is 28.6. The topological polar surface area (TPSA) is 43.9 Å². The predicted molar refractivity (Wildman–Crippen MR) is 78.8 cm³/mol. The highest BCUT2D eigenvalue weighted by Gasteiger charge is 2.24. The molecule has 0 unspecified atom stereocenters. The zero-order valence-electron chi connectivity index (χ0n) is 12.1. The molecule has 0 saturated carbocycles. The summed E-state index contributed by atoms with van der Waals surface area (Å²) in [6, 6.07) is 7.97. The van der Waals surface area contributed by atoms with Crippen LogP contribution in [-0.4, -0.2) is 55.0 Å². The van der Waals surface area contributed by atoms with Crippen molar-refractivity contribution in [2.24, 2.45) is 0 Å². The molecule has 20 heavy (non-hydrogen) atoms. The smallest absolute Gasteiger partial charge is 0.324 e. The first-order valence-corrected chi connectivity index (χ1v) is 6.98. The number of piperazine rings is 1. The highest BCUT2D eigenvalue weighted by molar-refractivity contribution is 5.92. The van der Waals surface area contributed by atoms with E-state index in [2.05, 4.69) is 0 Å². The standard InChI is InChI=1S/C15H21N3O2/c1-3-18(14-6-4-5-13(2)11-14)15(20)17-9-7-16(12-19)8-10-17/h4-6,11-12H,3,7-10H2,1-2H3. The molecule has 0 N–H and O–H groups in total. The Kier molecular flexibility index (Phi) is 4.61. The molecule has 1 aliphatic heterocycles. The van der Waals surface area contributed by atoms with E-state index in [9.17, 15) is 9.59 Å². The van der Waals surface area contributed by atoms with Gasteiger partial charge in [0.1, 0.15) is 0 Å². The Morgan fingerprint density at radius 1 is 1.30 bits per heavy atom. The number of hydrogen-bond donors (Lipinski definition) is 0. The van der Waals surface area contributed by atoms with E-state index in [0.717, 1.165) is 17.7 Å². The van der Waals surface area contributed by atoms with Crippen LogP contribution < -0.4 is 4.90 Å². The maximum atomic E-state index is 12.6. The molecule has 0 spiro atoms. The molecule has 0 atom stereocenters. The van der Waals surface area contributed by atoms with Crippen LogP contribution in [0.15, 0.2) is 24.3 Å². The summed E-state index contributed by atoms with van der Waals surface area (Å²) < 4.78 is 0. The van der Waals surface area contributed by atoms with Gasteiger partial charge in [-0.1, -0.05) is 12.1 Å². The van der Waals surface area contributed by atoms with Gasteiger partial charge in [-0.2, -0.15) is 0 Å². The summed E-state index contributed by atoms with van der Waals surface area (Å²) in [6.45, 7) is 7.05. The quantitative estimate of drug-likeness (QED) is 0.788. The molecule has 5 nitrogen and oxygen atoms in total. The molecule has 1 aromatic rings. The van der Waals surface area contributed by atoms with Crippen LogP contribution in [0, 0.1) is 6.92 Å². The van der Waals surface area contributed by atoms with Crippen LogP contribution in [0.5, 0.6) is 0 Å². The molecule has 1 saturated heterocycles. The van der Waals surface area contributed by atoms with Gasteiger partial charge in [0.25, 0.3) is 0 Å². The van der Waals surface area contributed by atoms with Crippen molar-refractivity contribution in [2.75, 3.05) is 37.6 Å². The van der Waals surface area contributed by atoms with Gasteiger partial charge in [-0.15, -0.1) is 0 Å². The van der Waals surface area contributed by atoms with Crippen LogP contribution in [0.3, 0.4) is 0 Å². The molecular formula is C15H21N3O2. The molecule has 108 valence electrons. The molecule has 1 aliphatic rings. The second-order valence-corrected chi connectivity index (χ2v) is 4.99. The molecule has 0 bridgehead atoms. The lowest BCUT2D eigenvalue weighted by atomic mass is 10.2. The second-order valence-electron chi connectivity index (χ2n) is 4.99. The van der Waals surface area contributed by atoms with Gasteiger partial charge in [-0.05, 0) is 31.5 Å². The number of hydrogen-bond acceptors (Lipinski definition) is 2. The fourth-order valence-corrected chi connectivity index (χ4v) is 2.41. The minimum absolute atomic E-state index is 0.0173. The van der Waals surface area contributed by atoms with E-state index >= 15 is 0 Å². The van der Waals surface area contributed by atoms with Gasteiger partial charge in [-0.3, -0.25) is 9.69 Å². The van der Waals surface area contributed by atoms with Crippen molar-refractivity contribution in [2.45, 2.75) is 13.8 Å². The summed E-state index contributed by atoms with van der Waals surface area (Å²) in [5.74, 6) is 0. The Balaban J connectivity index is 2.08. The summed E-state index contributed by atoms with van der Waals surface area (Å²) >= 11 is 0. The van der Waals surface area contributed by atoms with Crippen molar-refractivity contribution < 1.29 is 9.59 Å². The van der Waals surface area contributed by atoms with Gasteiger partial charge in [0, 0.05) is 38.4 Å². The van der Waals surface area contributed by atoms with Crippen molar-refractivity contribution in [1.82, 2.24) is 9.80 Å². The Labute approximate surface area is 119 Å². The van der Waals surface area contributed by atoms with Crippen molar-refractivity contribution in [3.8, 4) is 0 Å². The number of carbonyl (C=O) groups excluding carboxylic acids is 2. The normalized spacial score (nSPS) is 15.1. The van der Waals surface area contributed by atoms with Gasteiger partial charge in [0.05, 0.1) is 0 Å². The maximum Gasteiger partial charge on any atom is 0.324 e. The molecule has 2 rings (SSSR count). The first-order valence-electron chi connectivity index (χ1n) is 6.98. The number of aryl methyl sites for hydroxylation is 1. The van der Waals surface area contributed by atoms with E-state index in [1.165, 1.54) is 0 Å². The average Bonchev–Trinajstić information content (AvgIpc) is 2.48. The molecular weight excluding hydrogens is 254 g/mol. The Morgan fingerprint density at radius 3 is 2.55 bits per heavy atom. The number of rotatable bonds is 3. The molecule has 1 fully saturated rings. The van der Waals surface area contributed by atoms with Crippen LogP contribution in [0.4, 0.5) is 10.5 Å². The highest BCUT2D eigenvalue weighted by Crippen LogP contribution is 2.18. The number of benzene rings is 1. The first kappa shape index (κ1) is 14.4. The third-order valence-corrected chi connectivity index (χ3v) is 3.59. The third kappa shape index (κ3) is 3.10. The fourth-order valence-electron chi connectivity index (χ4n) is 2.41. The van der Waals surface area contributed by atoms with Gasteiger partial charge in [0.2, 0.25) is 6.41 Å². The minimum atomic E-state index is 0.0173. The molecule has 0 radical (unpaired) electrons. The van der Waals surface area contributed by atoms with Gasteiger partial charge >= 0.3 is 6.03 Å². The Hall–Kier alpha value is -2.04. The molecule has 3 amide bonds. The van der Waals surface area contributed by atoms with Gasteiger partial charge in [0.15, 0.2) is 0 Å². The largest absolute Gasteiger partial charge is 0.342 e. The van der Waals surface area contributed by atoms with Crippen LogP contribution in [0.2, 0.25) is 0 Å².